The monoisotopic (exact) mass is 284 g/mol. The highest BCUT2D eigenvalue weighted by Crippen LogP contribution is 2.03. The highest BCUT2D eigenvalue weighted by atomic mass is 16.2. The van der Waals surface area contributed by atoms with Crippen molar-refractivity contribution in [2.24, 2.45) is 0 Å². The van der Waals surface area contributed by atoms with E-state index in [-0.39, 0.29) is 11.8 Å². The van der Waals surface area contributed by atoms with Gasteiger partial charge >= 0.3 is 0 Å². The van der Waals surface area contributed by atoms with Crippen LogP contribution in [-0.4, -0.2) is 21.8 Å². The fourth-order valence-electron chi connectivity index (χ4n) is 1.72. The van der Waals surface area contributed by atoms with E-state index in [0.29, 0.717) is 24.3 Å². The molecule has 2 N–H and O–H groups in total. The Morgan fingerprint density at radius 2 is 2.00 bits per heavy atom. The van der Waals surface area contributed by atoms with Crippen molar-refractivity contribution in [3.05, 3.63) is 59.7 Å². The lowest BCUT2D eigenvalue weighted by Gasteiger charge is -2.07. The number of hydrogen-bond acceptors (Lipinski definition) is 4. The number of pyridine rings is 2. The summed E-state index contributed by atoms with van der Waals surface area (Å²) in [4.78, 5) is 31.0. The van der Waals surface area contributed by atoms with Crippen molar-refractivity contribution in [2.45, 2.75) is 20.0 Å². The summed E-state index contributed by atoms with van der Waals surface area (Å²) < 4.78 is 0. The molecule has 0 unspecified atom stereocenters. The number of hydrogen-bond donors (Lipinski definition) is 2. The van der Waals surface area contributed by atoms with E-state index in [2.05, 4.69) is 20.6 Å². The van der Waals surface area contributed by atoms with Crippen LogP contribution in [0, 0.1) is 0 Å². The van der Waals surface area contributed by atoms with Gasteiger partial charge < -0.3 is 10.6 Å². The van der Waals surface area contributed by atoms with Crippen LogP contribution in [0.1, 0.15) is 28.5 Å². The Bertz CT molecular complexity index is 629. The zero-order chi connectivity index (χ0) is 15.1. The molecule has 2 heterocycles. The van der Waals surface area contributed by atoms with E-state index in [9.17, 15) is 9.59 Å². The van der Waals surface area contributed by atoms with Gasteiger partial charge in [-0.1, -0.05) is 6.07 Å². The van der Waals surface area contributed by atoms with E-state index < -0.39 is 0 Å². The first-order valence-corrected chi connectivity index (χ1v) is 6.51. The van der Waals surface area contributed by atoms with Gasteiger partial charge in [-0.25, -0.2) is 0 Å². The summed E-state index contributed by atoms with van der Waals surface area (Å²) in [6.07, 6.45) is 4.94. The molecule has 2 aromatic heterocycles. The highest BCUT2D eigenvalue weighted by Gasteiger charge is 2.07. The standard InChI is InChI=1S/C15H16N4O2/c1-11(20)18-10-14-7-13(4-6-17-14)15(21)19-9-12-3-2-5-16-8-12/h2-8H,9-10H2,1H3,(H,18,20)(H,19,21). The van der Waals surface area contributed by atoms with E-state index >= 15 is 0 Å². The van der Waals surface area contributed by atoms with Crippen molar-refractivity contribution in [1.82, 2.24) is 20.6 Å². The normalized spacial score (nSPS) is 9.95. The maximum absolute atomic E-state index is 12.1. The number of carbonyl (C=O) groups excluding carboxylic acids is 2. The summed E-state index contributed by atoms with van der Waals surface area (Å²) in [7, 11) is 0. The van der Waals surface area contributed by atoms with Gasteiger partial charge in [-0.15, -0.1) is 0 Å². The van der Waals surface area contributed by atoms with Crippen molar-refractivity contribution in [2.75, 3.05) is 0 Å². The largest absolute Gasteiger partial charge is 0.351 e. The smallest absolute Gasteiger partial charge is 0.251 e. The molecule has 2 aromatic rings. The Morgan fingerprint density at radius 3 is 2.71 bits per heavy atom. The molecule has 0 radical (unpaired) electrons. The molecule has 0 atom stereocenters. The first kappa shape index (κ1) is 14.6. The molecule has 0 aliphatic rings. The van der Waals surface area contributed by atoms with Crippen LogP contribution in [0.4, 0.5) is 0 Å². The van der Waals surface area contributed by atoms with Crippen LogP contribution in [0.25, 0.3) is 0 Å². The zero-order valence-corrected chi connectivity index (χ0v) is 11.7. The van der Waals surface area contributed by atoms with E-state index in [1.807, 2.05) is 12.1 Å². The van der Waals surface area contributed by atoms with Crippen molar-refractivity contribution in [3.63, 3.8) is 0 Å². The minimum atomic E-state index is -0.190. The molecule has 2 rings (SSSR count). The molecular weight excluding hydrogens is 268 g/mol. The van der Waals surface area contributed by atoms with Gasteiger partial charge in [0, 0.05) is 37.6 Å². The predicted molar refractivity (Wildman–Crippen MR) is 77.2 cm³/mol. The summed E-state index contributed by atoms with van der Waals surface area (Å²) in [6.45, 7) is 2.15. The van der Waals surface area contributed by atoms with Crippen LogP contribution in [0.15, 0.2) is 42.9 Å². The van der Waals surface area contributed by atoms with Crippen LogP contribution in [-0.2, 0) is 17.9 Å². The number of rotatable bonds is 5. The highest BCUT2D eigenvalue weighted by molar-refractivity contribution is 5.94. The van der Waals surface area contributed by atoms with Gasteiger partial charge in [0.15, 0.2) is 0 Å². The van der Waals surface area contributed by atoms with Crippen LogP contribution >= 0.6 is 0 Å². The third-order valence-electron chi connectivity index (χ3n) is 2.77. The van der Waals surface area contributed by atoms with Gasteiger partial charge in [-0.3, -0.25) is 19.6 Å². The van der Waals surface area contributed by atoms with Crippen LogP contribution in [0.2, 0.25) is 0 Å². The van der Waals surface area contributed by atoms with Gasteiger partial charge in [0.2, 0.25) is 5.91 Å². The number of nitrogens with one attached hydrogen (secondary N) is 2. The second-order valence-corrected chi connectivity index (χ2v) is 4.49. The van der Waals surface area contributed by atoms with E-state index in [1.54, 1.807) is 30.7 Å². The molecule has 6 heteroatoms. The lowest BCUT2D eigenvalue weighted by molar-refractivity contribution is -0.119. The maximum Gasteiger partial charge on any atom is 0.251 e. The van der Waals surface area contributed by atoms with Crippen LogP contribution in [0.5, 0.6) is 0 Å². The van der Waals surface area contributed by atoms with Gasteiger partial charge in [-0.05, 0) is 23.8 Å². The second-order valence-electron chi connectivity index (χ2n) is 4.49. The topological polar surface area (TPSA) is 84.0 Å². The van der Waals surface area contributed by atoms with Gasteiger partial charge in [0.05, 0.1) is 12.2 Å². The fraction of sp³-hybridized carbons (Fsp3) is 0.200. The summed E-state index contributed by atoms with van der Waals surface area (Å²) in [5.74, 6) is -0.325. The lowest BCUT2D eigenvalue weighted by Crippen LogP contribution is -2.24. The minimum Gasteiger partial charge on any atom is -0.351 e. The van der Waals surface area contributed by atoms with Crippen LogP contribution < -0.4 is 10.6 Å². The molecule has 2 amide bonds. The molecule has 0 saturated carbocycles. The Labute approximate surface area is 122 Å². The number of carbonyl (C=O) groups is 2. The Kier molecular flexibility index (Phi) is 4.98. The summed E-state index contributed by atoms with van der Waals surface area (Å²) in [6, 6.07) is 7.01. The Morgan fingerprint density at radius 1 is 1.14 bits per heavy atom. The van der Waals surface area contributed by atoms with E-state index in [1.165, 1.54) is 6.92 Å². The maximum atomic E-state index is 12.1. The molecular formula is C15H16N4O2. The predicted octanol–water partition coefficient (Wildman–Crippen LogP) is 1.04. The summed E-state index contributed by atoms with van der Waals surface area (Å²) >= 11 is 0. The second kappa shape index (κ2) is 7.14. The quantitative estimate of drug-likeness (QED) is 0.859. The number of amides is 2. The molecule has 0 saturated heterocycles. The van der Waals surface area contributed by atoms with Gasteiger partial charge in [0.1, 0.15) is 0 Å². The summed E-state index contributed by atoms with van der Waals surface area (Å²) in [5.41, 5.74) is 2.08. The summed E-state index contributed by atoms with van der Waals surface area (Å²) in [5, 5.41) is 5.46. The third kappa shape index (κ3) is 4.68. The van der Waals surface area contributed by atoms with Crippen molar-refractivity contribution in [3.8, 4) is 0 Å². The molecule has 108 valence electrons. The Hall–Kier alpha value is -2.76. The molecule has 0 bridgehead atoms. The van der Waals surface area contributed by atoms with E-state index in [4.69, 9.17) is 0 Å². The van der Waals surface area contributed by atoms with Crippen LogP contribution in [0.3, 0.4) is 0 Å². The van der Waals surface area contributed by atoms with Gasteiger partial charge in [-0.2, -0.15) is 0 Å². The average Bonchev–Trinajstić information content (AvgIpc) is 2.52. The number of aromatic nitrogens is 2. The third-order valence-corrected chi connectivity index (χ3v) is 2.77. The molecule has 0 spiro atoms. The minimum absolute atomic E-state index is 0.136. The molecule has 0 aliphatic heterocycles. The molecule has 6 nitrogen and oxygen atoms in total. The fourth-order valence-corrected chi connectivity index (χ4v) is 1.72. The first-order valence-electron chi connectivity index (χ1n) is 6.51. The molecule has 0 aliphatic carbocycles. The SMILES string of the molecule is CC(=O)NCc1cc(C(=O)NCc2cccnc2)ccn1. The van der Waals surface area contributed by atoms with Crippen molar-refractivity contribution in [1.29, 1.82) is 0 Å². The van der Waals surface area contributed by atoms with Crippen molar-refractivity contribution >= 4 is 11.8 Å². The lowest BCUT2D eigenvalue weighted by atomic mass is 10.2. The van der Waals surface area contributed by atoms with Gasteiger partial charge in [0.25, 0.3) is 5.91 Å². The Balaban J connectivity index is 1.95. The molecule has 21 heavy (non-hydrogen) atoms. The average molecular weight is 284 g/mol. The molecule has 0 aromatic carbocycles. The number of nitrogens with zero attached hydrogens (tertiary/aromatic N) is 2. The van der Waals surface area contributed by atoms with E-state index in [0.717, 1.165) is 5.56 Å². The zero-order valence-electron chi connectivity index (χ0n) is 11.7. The van der Waals surface area contributed by atoms with Crippen molar-refractivity contribution < 1.29 is 9.59 Å². The first-order chi connectivity index (χ1) is 10.1. The molecule has 0 fully saturated rings.